The van der Waals surface area contributed by atoms with Crippen LogP contribution in [0.15, 0.2) is 24.3 Å². The van der Waals surface area contributed by atoms with E-state index in [1.54, 1.807) is 31.2 Å². The molecule has 0 saturated carbocycles. The lowest BCUT2D eigenvalue weighted by molar-refractivity contribution is -0.139. The van der Waals surface area contributed by atoms with Crippen molar-refractivity contribution in [2.75, 3.05) is 13.7 Å². The SMILES string of the molecule is CCNC(Cc1ccccc1OC)CC(F)(F)F. The smallest absolute Gasteiger partial charge is 0.390 e. The van der Waals surface area contributed by atoms with Crippen molar-refractivity contribution in [3.05, 3.63) is 29.8 Å². The van der Waals surface area contributed by atoms with Gasteiger partial charge in [0, 0.05) is 6.04 Å². The van der Waals surface area contributed by atoms with E-state index in [0.717, 1.165) is 5.56 Å². The number of alkyl halides is 3. The van der Waals surface area contributed by atoms with Gasteiger partial charge in [0.05, 0.1) is 13.5 Å². The molecular formula is C13H18F3NO. The fourth-order valence-electron chi connectivity index (χ4n) is 1.92. The molecule has 0 aliphatic rings. The molecule has 0 radical (unpaired) electrons. The third-order valence-corrected chi connectivity index (χ3v) is 2.63. The summed E-state index contributed by atoms with van der Waals surface area (Å²) in [4.78, 5) is 0. The molecule has 1 rings (SSSR count). The number of hydrogen-bond donors (Lipinski definition) is 1. The Labute approximate surface area is 105 Å². The summed E-state index contributed by atoms with van der Waals surface area (Å²) in [5, 5.41) is 2.86. The molecule has 1 aromatic rings. The molecule has 0 heterocycles. The van der Waals surface area contributed by atoms with Crippen LogP contribution in [0.1, 0.15) is 18.9 Å². The lowest BCUT2D eigenvalue weighted by Crippen LogP contribution is -2.35. The van der Waals surface area contributed by atoms with E-state index in [4.69, 9.17) is 4.74 Å². The molecular weight excluding hydrogens is 243 g/mol. The maximum Gasteiger partial charge on any atom is 0.390 e. The van der Waals surface area contributed by atoms with Crippen molar-refractivity contribution in [1.82, 2.24) is 5.32 Å². The zero-order valence-corrected chi connectivity index (χ0v) is 10.6. The summed E-state index contributed by atoms with van der Waals surface area (Å²) in [6, 6.07) is 6.53. The number of para-hydroxylation sites is 1. The van der Waals surface area contributed by atoms with Crippen LogP contribution in [0.4, 0.5) is 13.2 Å². The van der Waals surface area contributed by atoms with Crippen LogP contribution >= 0.6 is 0 Å². The number of benzene rings is 1. The van der Waals surface area contributed by atoms with Crippen molar-refractivity contribution in [3.63, 3.8) is 0 Å². The minimum atomic E-state index is -4.16. The first-order chi connectivity index (χ1) is 8.46. The molecule has 0 aliphatic heterocycles. The third kappa shape index (κ3) is 4.96. The number of ether oxygens (including phenoxy) is 1. The van der Waals surface area contributed by atoms with Crippen LogP contribution in [0.25, 0.3) is 0 Å². The van der Waals surface area contributed by atoms with Crippen molar-refractivity contribution >= 4 is 0 Å². The largest absolute Gasteiger partial charge is 0.496 e. The Morgan fingerprint density at radius 2 is 1.94 bits per heavy atom. The molecule has 102 valence electrons. The van der Waals surface area contributed by atoms with Crippen molar-refractivity contribution in [3.8, 4) is 5.75 Å². The number of nitrogens with one attached hydrogen (secondary N) is 1. The van der Waals surface area contributed by atoms with Gasteiger partial charge in [0.15, 0.2) is 0 Å². The predicted octanol–water partition coefficient (Wildman–Crippen LogP) is 3.17. The monoisotopic (exact) mass is 261 g/mol. The summed E-state index contributed by atoms with van der Waals surface area (Å²) < 4.78 is 42.5. The van der Waals surface area contributed by atoms with Gasteiger partial charge < -0.3 is 10.1 Å². The normalized spacial score (nSPS) is 13.4. The van der Waals surface area contributed by atoms with E-state index >= 15 is 0 Å². The van der Waals surface area contributed by atoms with Gasteiger partial charge in [0.2, 0.25) is 0 Å². The van der Waals surface area contributed by atoms with Gasteiger partial charge in [0.1, 0.15) is 5.75 Å². The molecule has 5 heteroatoms. The Balaban J connectivity index is 2.76. The topological polar surface area (TPSA) is 21.3 Å². The average molecular weight is 261 g/mol. The maximum absolute atomic E-state index is 12.4. The number of halogens is 3. The van der Waals surface area contributed by atoms with Gasteiger partial charge in [-0.05, 0) is 24.6 Å². The van der Waals surface area contributed by atoms with Crippen molar-refractivity contribution in [2.45, 2.75) is 32.0 Å². The van der Waals surface area contributed by atoms with Gasteiger partial charge in [0.25, 0.3) is 0 Å². The first-order valence-corrected chi connectivity index (χ1v) is 5.88. The second kappa shape index (κ2) is 6.64. The zero-order chi connectivity index (χ0) is 13.6. The lowest BCUT2D eigenvalue weighted by atomic mass is 10.0. The Bertz CT molecular complexity index is 365. The molecule has 1 N–H and O–H groups in total. The molecule has 2 nitrogen and oxygen atoms in total. The van der Waals surface area contributed by atoms with Crippen molar-refractivity contribution in [1.29, 1.82) is 0 Å². The minimum Gasteiger partial charge on any atom is -0.496 e. The fourth-order valence-corrected chi connectivity index (χ4v) is 1.92. The Hall–Kier alpha value is -1.23. The minimum absolute atomic E-state index is 0.303. The third-order valence-electron chi connectivity index (χ3n) is 2.63. The van der Waals surface area contributed by atoms with Crippen LogP contribution in [0.3, 0.4) is 0 Å². The number of rotatable bonds is 6. The van der Waals surface area contributed by atoms with Gasteiger partial charge in [-0.15, -0.1) is 0 Å². The van der Waals surface area contributed by atoms with Crippen LogP contribution in [0.5, 0.6) is 5.75 Å². The van der Waals surface area contributed by atoms with Gasteiger partial charge >= 0.3 is 6.18 Å². The molecule has 0 bridgehead atoms. The number of likely N-dealkylation sites (N-methyl/N-ethyl adjacent to an activating group) is 1. The van der Waals surface area contributed by atoms with E-state index < -0.39 is 18.6 Å². The summed E-state index contributed by atoms with van der Waals surface area (Å²) in [5.41, 5.74) is 0.787. The van der Waals surface area contributed by atoms with Gasteiger partial charge in [-0.1, -0.05) is 25.1 Å². The lowest BCUT2D eigenvalue weighted by Gasteiger charge is -2.20. The number of hydrogen-bond acceptors (Lipinski definition) is 2. The molecule has 0 fully saturated rings. The number of methoxy groups -OCH3 is 1. The first kappa shape index (κ1) is 14.8. The van der Waals surface area contributed by atoms with Gasteiger partial charge in [-0.2, -0.15) is 13.2 Å². The Morgan fingerprint density at radius 1 is 1.28 bits per heavy atom. The highest BCUT2D eigenvalue weighted by Crippen LogP contribution is 2.25. The summed E-state index contributed by atoms with van der Waals surface area (Å²) in [6.07, 6.45) is -4.69. The van der Waals surface area contributed by atoms with Crippen molar-refractivity contribution < 1.29 is 17.9 Å². The molecule has 0 spiro atoms. The second-order valence-corrected chi connectivity index (χ2v) is 4.09. The molecule has 1 atom stereocenters. The maximum atomic E-state index is 12.4. The first-order valence-electron chi connectivity index (χ1n) is 5.88. The van der Waals surface area contributed by atoms with E-state index in [1.165, 1.54) is 7.11 Å². The van der Waals surface area contributed by atoms with Gasteiger partial charge in [-0.3, -0.25) is 0 Å². The predicted molar refractivity (Wildman–Crippen MR) is 64.8 cm³/mol. The Kier molecular flexibility index (Phi) is 5.47. The highest BCUT2D eigenvalue weighted by Gasteiger charge is 2.31. The molecule has 1 aromatic carbocycles. The Morgan fingerprint density at radius 3 is 2.50 bits per heavy atom. The molecule has 0 amide bonds. The quantitative estimate of drug-likeness (QED) is 0.849. The zero-order valence-electron chi connectivity index (χ0n) is 10.6. The second-order valence-electron chi connectivity index (χ2n) is 4.09. The van der Waals surface area contributed by atoms with E-state index in [1.807, 2.05) is 0 Å². The molecule has 0 aromatic heterocycles. The van der Waals surface area contributed by atoms with E-state index in [2.05, 4.69) is 5.32 Å². The molecule has 0 saturated heterocycles. The van der Waals surface area contributed by atoms with Crippen LogP contribution in [-0.4, -0.2) is 25.9 Å². The van der Waals surface area contributed by atoms with E-state index in [9.17, 15) is 13.2 Å². The highest BCUT2D eigenvalue weighted by molar-refractivity contribution is 5.33. The summed E-state index contributed by atoms with van der Waals surface area (Å²) in [5.74, 6) is 0.627. The van der Waals surface area contributed by atoms with E-state index in [-0.39, 0.29) is 0 Å². The van der Waals surface area contributed by atoms with Crippen LogP contribution in [0, 0.1) is 0 Å². The fraction of sp³-hybridized carbons (Fsp3) is 0.538. The summed E-state index contributed by atoms with van der Waals surface area (Å²) in [6.45, 7) is 2.31. The van der Waals surface area contributed by atoms with Crippen LogP contribution in [-0.2, 0) is 6.42 Å². The van der Waals surface area contributed by atoms with Crippen LogP contribution in [0.2, 0.25) is 0 Å². The molecule has 18 heavy (non-hydrogen) atoms. The summed E-state index contributed by atoms with van der Waals surface area (Å²) >= 11 is 0. The van der Waals surface area contributed by atoms with E-state index in [0.29, 0.717) is 18.7 Å². The van der Waals surface area contributed by atoms with Crippen molar-refractivity contribution in [2.24, 2.45) is 0 Å². The average Bonchev–Trinajstić information content (AvgIpc) is 2.28. The highest BCUT2D eigenvalue weighted by atomic mass is 19.4. The van der Waals surface area contributed by atoms with Gasteiger partial charge in [-0.25, -0.2) is 0 Å². The molecule has 1 unspecified atom stereocenters. The molecule has 0 aliphatic carbocycles. The van der Waals surface area contributed by atoms with Crippen LogP contribution < -0.4 is 10.1 Å². The summed E-state index contributed by atoms with van der Waals surface area (Å²) in [7, 11) is 1.52. The standard InChI is InChI=1S/C13H18F3NO/c1-3-17-11(9-13(14,15)16)8-10-6-4-5-7-12(10)18-2/h4-7,11,17H,3,8-9H2,1-2H3.